The fourth-order valence-electron chi connectivity index (χ4n) is 1.30. The van der Waals surface area contributed by atoms with Crippen molar-refractivity contribution in [3.8, 4) is 0 Å². The smallest absolute Gasteiger partial charge is 0.388 e. The number of anilines is 1. The number of hydrogen-bond donors (Lipinski definition) is 2. The molecule has 2 N–H and O–H groups in total. The minimum absolute atomic E-state index is 0.0269. The van der Waals surface area contributed by atoms with Crippen molar-refractivity contribution >= 4 is 17.3 Å². The third-order valence-electron chi connectivity index (χ3n) is 2.74. The maximum atomic E-state index is 12.8. The molecule has 0 aliphatic heterocycles. The number of aliphatic hydroxyl groups is 1. The van der Waals surface area contributed by atoms with Gasteiger partial charge in [-0.25, -0.2) is 0 Å². The molecular weight excluding hydrogens is 267 g/mol. The highest BCUT2D eigenvalue weighted by atomic mass is 35.5. The van der Waals surface area contributed by atoms with Gasteiger partial charge in [0.2, 0.25) is 0 Å². The first-order chi connectivity index (χ1) is 8.03. The molecule has 0 aliphatic carbocycles. The molecule has 6 heteroatoms. The lowest BCUT2D eigenvalue weighted by molar-refractivity contribution is -0.137. The van der Waals surface area contributed by atoms with Crippen LogP contribution in [-0.4, -0.2) is 16.7 Å². The fourth-order valence-corrected chi connectivity index (χ4v) is 1.53. The van der Waals surface area contributed by atoms with Crippen molar-refractivity contribution in [3.05, 3.63) is 28.8 Å². The molecular formula is C12H15ClF3NO. The van der Waals surface area contributed by atoms with Gasteiger partial charge < -0.3 is 10.4 Å². The molecule has 1 aromatic rings. The lowest BCUT2D eigenvalue weighted by Crippen LogP contribution is -2.39. The zero-order valence-corrected chi connectivity index (χ0v) is 11.0. The summed E-state index contributed by atoms with van der Waals surface area (Å²) in [7, 11) is 0. The third-order valence-corrected chi connectivity index (χ3v) is 3.05. The molecule has 0 aromatic heterocycles. The third kappa shape index (κ3) is 3.53. The van der Waals surface area contributed by atoms with Gasteiger partial charge in [0, 0.05) is 0 Å². The second-order valence-electron chi connectivity index (χ2n) is 4.68. The van der Waals surface area contributed by atoms with E-state index in [1.165, 1.54) is 26.0 Å². The van der Waals surface area contributed by atoms with E-state index in [1.807, 2.05) is 0 Å². The molecule has 0 aliphatic rings. The lowest BCUT2D eigenvalue weighted by atomic mass is 10.00. The lowest BCUT2D eigenvalue weighted by Gasteiger charge is -2.29. The van der Waals surface area contributed by atoms with Crippen molar-refractivity contribution in [2.45, 2.75) is 38.6 Å². The number of hydrogen-bond acceptors (Lipinski definition) is 2. The molecule has 0 spiro atoms. The second-order valence-corrected chi connectivity index (χ2v) is 5.09. The summed E-state index contributed by atoms with van der Waals surface area (Å²) in [5.41, 5.74) is -2.21. The Morgan fingerprint density at radius 1 is 1.28 bits per heavy atom. The van der Waals surface area contributed by atoms with Crippen LogP contribution in [0.2, 0.25) is 5.02 Å². The average Bonchev–Trinajstić information content (AvgIpc) is 2.17. The van der Waals surface area contributed by atoms with Crippen molar-refractivity contribution in [1.29, 1.82) is 0 Å². The standard InChI is InChI=1S/C12H15ClF3NO/c1-7(11(2,3)18)17-10-8(12(14,15)16)5-4-6-9(10)13/h4-7,17-18H,1-3H3. The normalized spacial score (nSPS) is 14.4. The Hall–Kier alpha value is -0.940. The predicted octanol–water partition coefficient (Wildman–Crippen LogP) is 3.93. The summed E-state index contributed by atoms with van der Waals surface area (Å²) in [4.78, 5) is 0. The maximum Gasteiger partial charge on any atom is 0.418 e. The molecule has 102 valence electrons. The molecule has 0 fully saturated rings. The van der Waals surface area contributed by atoms with Crippen LogP contribution in [0, 0.1) is 0 Å². The van der Waals surface area contributed by atoms with Gasteiger partial charge in [0.1, 0.15) is 0 Å². The van der Waals surface area contributed by atoms with Crippen LogP contribution in [-0.2, 0) is 6.18 Å². The van der Waals surface area contributed by atoms with Crippen LogP contribution >= 0.6 is 11.6 Å². The molecule has 1 atom stereocenters. The highest BCUT2D eigenvalue weighted by Gasteiger charge is 2.35. The first-order valence-electron chi connectivity index (χ1n) is 5.38. The Morgan fingerprint density at radius 2 is 1.83 bits per heavy atom. The summed E-state index contributed by atoms with van der Waals surface area (Å²) in [5.74, 6) is 0. The van der Waals surface area contributed by atoms with Crippen molar-refractivity contribution in [1.82, 2.24) is 0 Å². The van der Waals surface area contributed by atoms with Gasteiger partial charge in [0.05, 0.1) is 27.9 Å². The Kier molecular flexibility index (Phi) is 4.18. The first-order valence-corrected chi connectivity index (χ1v) is 5.76. The number of para-hydroxylation sites is 1. The quantitative estimate of drug-likeness (QED) is 0.880. The predicted molar refractivity (Wildman–Crippen MR) is 65.8 cm³/mol. The molecule has 1 aromatic carbocycles. The van der Waals surface area contributed by atoms with E-state index in [4.69, 9.17) is 11.6 Å². The molecule has 0 heterocycles. The van der Waals surface area contributed by atoms with Gasteiger partial charge in [-0.15, -0.1) is 0 Å². The van der Waals surface area contributed by atoms with Crippen LogP contribution in [0.3, 0.4) is 0 Å². The monoisotopic (exact) mass is 281 g/mol. The van der Waals surface area contributed by atoms with Crippen molar-refractivity contribution < 1.29 is 18.3 Å². The minimum atomic E-state index is -4.49. The molecule has 2 nitrogen and oxygen atoms in total. The van der Waals surface area contributed by atoms with E-state index in [-0.39, 0.29) is 10.7 Å². The fraction of sp³-hybridized carbons (Fsp3) is 0.500. The molecule has 0 saturated heterocycles. The van der Waals surface area contributed by atoms with Crippen molar-refractivity contribution in [2.75, 3.05) is 5.32 Å². The number of rotatable bonds is 3. The van der Waals surface area contributed by atoms with Crippen LogP contribution in [0.4, 0.5) is 18.9 Å². The Balaban J connectivity index is 3.16. The molecule has 0 bridgehead atoms. The maximum absolute atomic E-state index is 12.8. The number of benzene rings is 1. The van der Waals surface area contributed by atoms with Crippen LogP contribution in [0.1, 0.15) is 26.3 Å². The zero-order valence-electron chi connectivity index (χ0n) is 10.3. The van der Waals surface area contributed by atoms with Crippen LogP contribution < -0.4 is 5.32 Å². The van der Waals surface area contributed by atoms with Gasteiger partial charge in [0.25, 0.3) is 0 Å². The summed E-state index contributed by atoms with van der Waals surface area (Å²) in [6.45, 7) is 4.60. The zero-order chi connectivity index (χ0) is 14.1. The largest absolute Gasteiger partial charge is 0.418 e. The highest BCUT2D eigenvalue weighted by Crippen LogP contribution is 2.39. The summed E-state index contributed by atoms with van der Waals surface area (Å²) in [6.07, 6.45) is -4.49. The van der Waals surface area contributed by atoms with E-state index in [9.17, 15) is 18.3 Å². The van der Waals surface area contributed by atoms with E-state index >= 15 is 0 Å². The average molecular weight is 282 g/mol. The van der Waals surface area contributed by atoms with Gasteiger partial charge in [-0.3, -0.25) is 0 Å². The van der Waals surface area contributed by atoms with Gasteiger partial charge in [-0.1, -0.05) is 17.7 Å². The highest BCUT2D eigenvalue weighted by molar-refractivity contribution is 6.33. The number of halogens is 4. The molecule has 1 rings (SSSR count). The van der Waals surface area contributed by atoms with E-state index < -0.39 is 23.4 Å². The van der Waals surface area contributed by atoms with E-state index in [0.29, 0.717) is 0 Å². The van der Waals surface area contributed by atoms with Crippen LogP contribution in [0.5, 0.6) is 0 Å². The molecule has 0 radical (unpaired) electrons. The topological polar surface area (TPSA) is 32.3 Å². The summed E-state index contributed by atoms with van der Waals surface area (Å²) >= 11 is 5.79. The molecule has 0 saturated carbocycles. The van der Waals surface area contributed by atoms with Crippen molar-refractivity contribution in [2.24, 2.45) is 0 Å². The van der Waals surface area contributed by atoms with Gasteiger partial charge in [-0.2, -0.15) is 13.2 Å². The molecule has 18 heavy (non-hydrogen) atoms. The minimum Gasteiger partial charge on any atom is -0.388 e. The SMILES string of the molecule is CC(Nc1c(Cl)cccc1C(F)(F)F)C(C)(C)O. The Labute approximate surface area is 109 Å². The van der Waals surface area contributed by atoms with E-state index in [1.54, 1.807) is 6.92 Å². The van der Waals surface area contributed by atoms with E-state index in [0.717, 1.165) is 6.07 Å². The van der Waals surface area contributed by atoms with Crippen LogP contribution in [0.25, 0.3) is 0 Å². The molecule has 0 amide bonds. The number of nitrogens with one attached hydrogen (secondary N) is 1. The van der Waals surface area contributed by atoms with Crippen LogP contribution in [0.15, 0.2) is 18.2 Å². The van der Waals surface area contributed by atoms with E-state index in [2.05, 4.69) is 5.32 Å². The summed E-state index contributed by atoms with van der Waals surface area (Å²) in [6, 6.07) is 2.98. The first kappa shape index (κ1) is 15.1. The van der Waals surface area contributed by atoms with Gasteiger partial charge in [-0.05, 0) is 32.9 Å². The van der Waals surface area contributed by atoms with Gasteiger partial charge in [0.15, 0.2) is 0 Å². The molecule has 1 unspecified atom stereocenters. The summed E-state index contributed by atoms with van der Waals surface area (Å²) in [5, 5.41) is 12.3. The summed E-state index contributed by atoms with van der Waals surface area (Å²) < 4.78 is 38.4. The van der Waals surface area contributed by atoms with Crippen molar-refractivity contribution in [3.63, 3.8) is 0 Å². The Morgan fingerprint density at radius 3 is 2.28 bits per heavy atom. The van der Waals surface area contributed by atoms with Gasteiger partial charge >= 0.3 is 6.18 Å². The second kappa shape index (κ2) is 4.97. The number of alkyl halides is 3. The Bertz CT molecular complexity index is 426.